The molecule has 1 aliphatic heterocycles. The fourth-order valence-electron chi connectivity index (χ4n) is 2.80. The normalized spacial score (nSPS) is 17.5. The molecule has 1 aromatic carbocycles. The largest absolute Gasteiger partial charge is 0.496 e. The lowest BCUT2D eigenvalue weighted by atomic mass is 9.98. The third-order valence-corrected chi connectivity index (χ3v) is 3.91. The van der Waals surface area contributed by atoms with Gasteiger partial charge in [-0.1, -0.05) is 6.07 Å². The SMILES string of the molecule is COc1cc(C(F)(F)F)ccc1[C@@H](CC(F)F)N1CCNCC1.Cl. The Morgan fingerprint density at radius 1 is 1.21 bits per heavy atom. The van der Waals surface area contributed by atoms with E-state index in [1.807, 2.05) is 4.90 Å². The predicted molar refractivity (Wildman–Crippen MR) is 83.0 cm³/mol. The molecule has 1 saturated heterocycles. The summed E-state index contributed by atoms with van der Waals surface area (Å²) in [6, 6.07) is 2.36. The molecular formula is C15H20ClF5N2O. The Morgan fingerprint density at radius 3 is 2.33 bits per heavy atom. The molecule has 2 rings (SSSR count). The number of hydrogen-bond donors (Lipinski definition) is 1. The first kappa shape index (κ1) is 20.9. The highest BCUT2D eigenvalue weighted by molar-refractivity contribution is 5.85. The van der Waals surface area contributed by atoms with Crippen LogP contribution in [0.5, 0.6) is 5.75 Å². The smallest absolute Gasteiger partial charge is 0.416 e. The van der Waals surface area contributed by atoms with Gasteiger partial charge in [0.15, 0.2) is 0 Å². The van der Waals surface area contributed by atoms with Crippen molar-refractivity contribution in [1.82, 2.24) is 10.2 Å². The average Bonchev–Trinajstić information content (AvgIpc) is 2.52. The fraction of sp³-hybridized carbons (Fsp3) is 0.600. The number of methoxy groups -OCH3 is 1. The van der Waals surface area contributed by atoms with Gasteiger partial charge in [-0.25, -0.2) is 8.78 Å². The van der Waals surface area contributed by atoms with Crippen molar-refractivity contribution in [2.45, 2.75) is 25.1 Å². The van der Waals surface area contributed by atoms with Crippen LogP contribution in [0.3, 0.4) is 0 Å². The van der Waals surface area contributed by atoms with Gasteiger partial charge in [0.2, 0.25) is 6.43 Å². The lowest BCUT2D eigenvalue weighted by Gasteiger charge is -2.35. The van der Waals surface area contributed by atoms with Crippen LogP contribution >= 0.6 is 12.4 Å². The zero-order valence-electron chi connectivity index (χ0n) is 13.1. The molecule has 9 heteroatoms. The first-order chi connectivity index (χ1) is 10.8. The Morgan fingerprint density at radius 2 is 1.83 bits per heavy atom. The van der Waals surface area contributed by atoms with Crippen LogP contribution in [0, 0.1) is 0 Å². The Balaban J connectivity index is 0.00000288. The van der Waals surface area contributed by atoms with E-state index in [9.17, 15) is 22.0 Å². The second kappa shape index (κ2) is 8.82. The van der Waals surface area contributed by atoms with E-state index in [0.717, 1.165) is 12.1 Å². The summed E-state index contributed by atoms with van der Waals surface area (Å²) in [4.78, 5) is 1.85. The number of alkyl halides is 5. The number of nitrogens with one attached hydrogen (secondary N) is 1. The maximum absolute atomic E-state index is 13.0. The minimum Gasteiger partial charge on any atom is -0.496 e. The van der Waals surface area contributed by atoms with Gasteiger partial charge in [-0.15, -0.1) is 12.4 Å². The van der Waals surface area contributed by atoms with Crippen LogP contribution in [-0.4, -0.2) is 44.6 Å². The fourth-order valence-corrected chi connectivity index (χ4v) is 2.80. The summed E-state index contributed by atoms with van der Waals surface area (Å²) in [7, 11) is 1.25. The lowest BCUT2D eigenvalue weighted by molar-refractivity contribution is -0.137. The van der Waals surface area contributed by atoms with Gasteiger partial charge in [-0.3, -0.25) is 4.90 Å². The molecule has 0 bridgehead atoms. The van der Waals surface area contributed by atoms with Gasteiger partial charge in [-0.2, -0.15) is 13.2 Å². The van der Waals surface area contributed by atoms with E-state index >= 15 is 0 Å². The van der Waals surface area contributed by atoms with Gasteiger partial charge in [0.25, 0.3) is 0 Å². The van der Waals surface area contributed by atoms with Crippen molar-refractivity contribution >= 4 is 12.4 Å². The van der Waals surface area contributed by atoms with E-state index in [1.54, 1.807) is 0 Å². The second-order valence-electron chi connectivity index (χ2n) is 5.38. The summed E-state index contributed by atoms with van der Waals surface area (Å²) in [5.74, 6) is -0.0102. The van der Waals surface area contributed by atoms with E-state index in [0.29, 0.717) is 31.7 Å². The number of ether oxygens (including phenoxy) is 1. The van der Waals surface area contributed by atoms with E-state index < -0.39 is 30.6 Å². The van der Waals surface area contributed by atoms with Crippen molar-refractivity contribution in [2.24, 2.45) is 0 Å². The van der Waals surface area contributed by atoms with Crippen LogP contribution in [0.1, 0.15) is 23.6 Å². The van der Waals surface area contributed by atoms with Crippen molar-refractivity contribution in [2.75, 3.05) is 33.3 Å². The molecule has 3 nitrogen and oxygen atoms in total. The van der Waals surface area contributed by atoms with Crippen molar-refractivity contribution < 1.29 is 26.7 Å². The monoisotopic (exact) mass is 374 g/mol. The molecule has 0 aliphatic carbocycles. The molecule has 0 unspecified atom stereocenters. The summed E-state index contributed by atoms with van der Waals surface area (Å²) in [5.41, 5.74) is -0.489. The first-order valence-corrected chi connectivity index (χ1v) is 7.31. The van der Waals surface area contributed by atoms with Crippen LogP contribution in [0.4, 0.5) is 22.0 Å². The number of hydrogen-bond acceptors (Lipinski definition) is 3. The van der Waals surface area contributed by atoms with Gasteiger partial charge in [0, 0.05) is 44.2 Å². The molecule has 138 valence electrons. The third-order valence-electron chi connectivity index (χ3n) is 3.91. The Bertz CT molecular complexity index is 521. The number of rotatable bonds is 5. The Kier molecular flexibility index (Phi) is 7.69. The third kappa shape index (κ3) is 5.19. The molecule has 1 atom stereocenters. The van der Waals surface area contributed by atoms with E-state index in [2.05, 4.69) is 5.32 Å². The number of halogens is 6. The van der Waals surface area contributed by atoms with E-state index in [-0.39, 0.29) is 18.2 Å². The summed E-state index contributed by atoms with van der Waals surface area (Å²) >= 11 is 0. The van der Waals surface area contributed by atoms with Crippen molar-refractivity contribution in [3.8, 4) is 5.75 Å². The van der Waals surface area contributed by atoms with Crippen LogP contribution < -0.4 is 10.1 Å². The highest BCUT2D eigenvalue weighted by Crippen LogP contribution is 2.38. The van der Waals surface area contributed by atoms with Gasteiger partial charge >= 0.3 is 6.18 Å². The topological polar surface area (TPSA) is 24.5 Å². The molecule has 0 saturated carbocycles. The maximum atomic E-state index is 13.0. The zero-order chi connectivity index (χ0) is 17.0. The molecule has 1 N–H and O–H groups in total. The Labute approximate surface area is 143 Å². The summed E-state index contributed by atoms with van der Waals surface area (Å²) < 4.78 is 69.4. The Hall–Kier alpha value is -1.12. The van der Waals surface area contributed by atoms with Crippen LogP contribution in [0.15, 0.2) is 18.2 Å². The van der Waals surface area contributed by atoms with Gasteiger partial charge in [0.05, 0.1) is 12.7 Å². The van der Waals surface area contributed by atoms with Crippen molar-refractivity contribution in [1.29, 1.82) is 0 Å². The molecule has 0 aromatic heterocycles. The highest BCUT2D eigenvalue weighted by atomic mass is 35.5. The van der Waals surface area contributed by atoms with Crippen LogP contribution in [0.2, 0.25) is 0 Å². The molecule has 0 spiro atoms. The number of piperazine rings is 1. The summed E-state index contributed by atoms with van der Waals surface area (Å²) in [5, 5.41) is 3.12. The quantitative estimate of drug-likeness (QED) is 0.795. The van der Waals surface area contributed by atoms with Crippen molar-refractivity contribution in [3.05, 3.63) is 29.3 Å². The van der Waals surface area contributed by atoms with Crippen molar-refractivity contribution in [3.63, 3.8) is 0 Å². The first-order valence-electron chi connectivity index (χ1n) is 7.31. The molecule has 1 fully saturated rings. The second-order valence-corrected chi connectivity index (χ2v) is 5.38. The maximum Gasteiger partial charge on any atom is 0.416 e. The lowest BCUT2D eigenvalue weighted by Crippen LogP contribution is -2.45. The van der Waals surface area contributed by atoms with E-state index in [4.69, 9.17) is 4.74 Å². The molecule has 0 amide bonds. The molecule has 1 heterocycles. The highest BCUT2D eigenvalue weighted by Gasteiger charge is 2.33. The zero-order valence-corrected chi connectivity index (χ0v) is 13.9. The van der Waals surface area contributed by atoms with Crippen LogP contribution in [0.25, 0.3) is 0 Å². The molecule has 1 aromatic rings. The minimum atomic E-state index is -4.50. The standard InChI is InChI=1S/C15H19F5N2O.ClH/c1-23-13-8-10(15(18,19)20)2-3-11(13)12(9-14(16)17)22-6-4-21-5-7-22;/h2-3,8,12,14,21H,4-7,9H2,1H3;1H/t12-;/m1./s1. The predicted octanol–water partition coefficient (Wildman–Crippen LogP) is 3.74. The molecular weight excluding hydrogens is 355 g/mol. The summed E-state index contributed by atoms with van der Waals surface area (Å²) in [6.07, 6.45) is -7.50. The number of nitrogens with zero attached hydrogens (tertiary/aromatic N) is 1. The van der Waals surface area contributed by atoms with Gasteiger partial charge < -0.3 is 10.1 Å². The minimum absolute atomic E-state index is 0. The average molecular weight is 375 g/mol. The molecule has 24 heavy (non-hydrogen) atoms. The summed E-state index contributed by atoms with van der Waals surface area (Å²) in [6.45, 7) is 2.43. The van der Waals surface area contributed by atoms with Crippen LogP contribution in [-0.2, 0) is 6.18 Å². The van der Waals surface area contributed by atoms with Gasteiger partial charge in [0.1, 0.15) is 5.75 Å². The molecule has 0 radical (unpaired) electrons. The van der Waals surface area contributed by atoms with E-state index in [1.165, 1.54) is 13.2 Å². The number of benzene rings is 1. The van der Waals surface area contributed by atoms with Gasteiger partial charge in [-0.05, 0) is 12.1 Å². The molecule has 1 aliphatic rings.